The predicted molar refractivity (Wildman–Crippen MR) is 94.8 cm³/mol. The first-order chi connectivity index (χ1) is 10.3. The first-order valence-electron chi connectivity index (χ1n) is 7.78. The van der Waals surface area contributed by atoms with Crippen LogP contribution in [-0.4, -0.2) is 7.05 Å². The van der Waals surface area contributed by atoms with Crippen LogP contribution in [0.4, 0.5) is 5.69 Å². The molecule has 0 radical (unpaired) electrons. The smallest absolute Gasteiger partial charge is 0.151 e. The number of rotatable bonds is 2. The SMILES string of the molecule is CC.CC.C\C=C/C1=C(\C=C/C)N(C)c2ccccc2O1. The first-order valence-corrected chi connectivity index (χ1v) is 7.78. The molecular weight excluding hydrogens is 258 g/mol. The summed E-state index contributed by atoms with van der Waals surface area (Å²) in [4.78, 5) is 2.15. The fourth-order valence-corrected chi connectivity index (χ4v) is 1.91. The van der Waals surface area contributed by atoms with Crippen LogP contribution in [0.15, 0.2) is 60.0 Å². The van der Waals surface area contributed by atoms with E-state index in [4.69, 9.17) is 4.74 Å². The highest BCUT2D eigenvalue weighted by Gasteiger charge is 2.20. The lowest BCUT2D eigenvalue weighted by Crippen LogP contribution is -2.23. The highest BCUT2D eigenvalue weighted by Crippen LogP contribution is 2.36. The van der Waals surface area contributed by atoms with Gasteiger partial charge >= 0.3 is 0 Å². The van der Waals surface area contributed by atoms with E-state index >= 15 is 0 Å². The number of ether oxygens (including phenoxy) is 1. The molecule has 2 heteroatoms. The van der Waals surface area contributed by atoms with E-state index in [0.29, 0.717) is 0 Å². The molecule has 1 aliphatic heterocycles. The number of anilines is 1. The minimum atomic E-state index is 0.881. The van der Waals surface area contributed by atoms with Crippen molar-refractivity contribution >= 4 is 5.69 Å². The number of hydrogen-bond acceptors (Lipinski definition) is 2. The van der Waals surface area contributed by atoms with E-state index in [2.05, 4.69) is 24.1 Å². The number of benzene rings is 1. The molecule has 2 rings (SSSR count). The van der Waals surface area contributed by atoms with Gasteiger partial charge in [-0.05, 0) is 38.1 Å². The number of allylic oxidation sites excluding steroid dienone is 4. The molecule has 0 spiro atoms. The van der Waals surface area contributed by atoms with Gasteiger partial charge in [0.1, 0.15) is 0 Å². The largest absolute Gasteiger partial charge is 0.453 e. The average molecular weight is 287 g/mol. The van der Waals surface area contributed by atoms with Gasteiger partial charge in [-0.3, -0.25) is 0 Å². The molecule has 1 aromatic carbocycles. The maximum atomic E-state index is 5.91. The Morgan fingerprint density at radius 2 is 1.48 bits per heavy atom. The van der Waals surface area contributed by atoms with Gasteiger partial charge < -0.3 is 9.64 Å². The molecule has 0 aliphatic carbocycles. The highest BCUT2D eigenvalue weighted by atomic mass is 16.5. The summed E-state index contributed by atoms with van der Waals surface area (Å²) in [6.45, 7) is 12.0. The monoisotopic (exact) mass is 287 g/mol. The van der Waals surface area contributed by atoms with Crippen molar-refractivity contribution in [1.29, 1.82) is 0 Å². The van der Waals surface area contributed by atoms with Crippen molar-refractivity contribution in [2.45, 2.75) is 41.5 Å². The lowest BCUT2D eigenvalue weighted by molar-refractivity contribution is 0.429. The Kier molecular flexibility index (Phi) is 9.78. The summed E-state index contributed by atoms with van der Waals surface area (Å²) in [6, 6.07) is 8.06. The predicted octanol–water partition coefficient (Wildman–Crippen LogP) is 5.93. The lowest BCUT2D eigenvalue weighted by atomic mass is 10.2. The normalized spacial score (nSPS) is 13.2. The Labute approximate surface area is 130 Å². The van der Waals surface area contributed by atoms with Gasteiger partial charge in [0, 0.05) is 7.05 Å². The third kappa shape index (κ3) is 4.82. The summed E-state index contributed by atoms with van der Waals surface area (Å²) >= 11 is 0. The minimum absolute atomic E-state index is 0.881. The van der Waals surface area contributed by atoms with E-state index in [1.165, 1.54) is 0 Å². The Hall–Kier alpha value is -1.96. The lowest BCUT2D eigenvalue weighted by Gasteiger charge is -2.29. The molecule has 0 unspecified atom stereocenters. The molecule has 1 heterocycles. The highest BCUT2D eigenvalue weighted by molar-refractivity contribution is 5.67. The maximum Gasteiger partial charge on any atom is 0.151 e. The summed E-state index contributed by atoms with van der Waals surface area (Å²) in [5, 5.41) is 0. The van der Waals surface area contributed by atoms with Gasteiger partial charge in [-0.25, -0.2) is 0 Å². The molecular formula is C19H29NO. The summed E-state index contributed by atoms with van der Waals surface area (Å²) < 4.78 is 5.91. The molecule has 1 aliphatic rings. The molecule has 21 heavy (non-hydrogen) atoms. The second-order valence-corrected chi connectivity index (χ2v) is 3.88. The molecule has 0 atom stereocenters. The van der Waals surface area contributed by atoms with Crippen LogP contribution in [0.25, 0.3) is 0 Å². The third-order valence-corrected chi connectivity index (χ3v) is 2.70. The van der Waals surface area contributed by atoms with Gasteiger partial charge in [0.15, 0.2) is 11.5 Å². The van der Waals surface area contributed by atoms with Crippen LogP contribution in [0.1, 0.15) is 41.5 Å². The third-order valence-electron chi connectivity index (χ3n) is 2.70. The van der Waals surface area contributed by atoms with Gasteiger partial charge in [0.25, 0.3) is 0 Å². The Balaban J connectivity index is 0.000000921. The zero-order chi connectivity index (χ0) is 16.3. The standard InChI is InChI=1S/C15H17NO.2C2H6/c1-4-8-12-14(9-5-2)17-15-11-7-6-10-13(15)16(12)3;2*1-2/h4-11H,1-3H3;2*1-2H3/b8-4-,9-5-;;. The van der Waals surface area contributed by atoms with Crippen LogP contribution in [-0.2, 0) is 0 Å². The first kappa shape index (κ1) is 19.0. The van der Waals surface area contributed by atoms with Crippen LogP contribution in [0.5, 0.6) is 5.75 Å². The van der Waals surface area contributed by atoms with E-state index in [9.17, 15) is 0 Å². The van der Waals surface area contributed by atoms with E-state index in [1.807, 2.05) is 78.0 Å². The van der Waals surface area contributed by atoms with Gasteiger partial charge in [-0.2, -0.15) is 0 Å². The van der Waals surface area contributed by atoms with E-state index in [1.54, 1.807) is 0 Å². The summed E-state index contributed by atoms with van der Waals surface area (Å²) in [5.74, 6) is 1.78. The van der Waals surface area contributed by atoms with Crippen molar-refractivity contribution in [1.82, 2.24) is 0 Å². The van der Waals surface area contributed by atoms with E-state index in [0.717, 1.165) is 22.9 Å². The van der Waals surface area contributed by atoms with E-state index in [-0.39, 0.29) is 0 Å². The number of likely N-dealkylation sites (N-methyl/N-ethyl adjacent to an activating group) is 1. The molecule has 116 valence electrons. The van der Waals surface area contributed by atoms with Crippen molar-refractivity contribution in [3.8, 4) is 5.75 Å². The summed E-state index contributed by atoms with van der Waals surface area (Å²) in [5.41, 5.74) is 2.16. The Morgan fingerprint density at radius 1 is 0.905 bits per heavy atom. The van der Waals surface area contributed by atoms with Crippen molar-refractivity contribution < 1.29 is 4.74 Å². The fraction of sp³-hybridized carbons (Fsp3) is 0.368. The van der Waals surface area contributed by atoms with Gasteiger partial charge in [-0.15, -0.1) is 0 Å². The van der Waals surface area contributed by atoms with Crippen LogP contribution < -0.4 is 9.64 Å². The Bertz CT molecular complexity index is 498. The van der Waals surface area contributed by atoms with Crippen molar-refractivity contribution in [2.24, 2.45) is 0 Å². The maximum absolute atomic E-state index is 5.91. The van der Waals surface area contributed by atoms with Crippen molar-refractivity contribution in [3.63, 3.8) is 0 Å². The van der Waals surface area contributed by atoms with Gasteiger partial charge in [-0.1, -0.05) is 52.0 Å². The Morgan fingerprint density at radius 3 is 2.05 bits per heavy atom. The molecule has 0 fully saturated rings. The second-order valence-electron chi connectivity index (χ2n) is 3.88. The summed E-state index contributed by atoms with van der Waals surface area (Å²) in [6.07, 6.45) is 8.06. The van der Waals surface area contributed by atoms with Gasteiger partial charge in [0.05, 0.1) is 11.4 Å². The topological polar surface area (TPSA) is 12.5 Å². The fourth-order valence-electron chi connectivity index (χ4n) is 1.91. The number of hydrogen-bond donors (Lipinski definition) is 0. The molecule has 0 amide bonds. The summed E-state index contributed by atoms with van der Waals surface area (Å²) in [7, 11) is 2.06. The molecule has 0 saturated carbocycles. The molecule has 2 nitrogen and oxygen atoms in total. The van der Waals surface area contributed by atoms with Crippen molar-refractivity contribution in [3.05, 3.63) is 60.0 Å². The molecule has 0 bridgehead atoms. The van der Waals surface area contributed by atoms with Crippen LogP contribution >= 0.6 is 0 Å². The second kappa shape index (κ2) is 10.8. The quantitative estimate of drug-likeness (QED) is 0.668. The number of para-hydroxylation sites is 2. The van der Waals surface area contributed by atoms with Crippen molar-refractivity contribution in [2.75, 3.05) is 11.9 Å². The van der Waals surface area contributed by atoms with E-state index < -0.39 is 0 Å². The molecule has 0 saturated heterocycles. The van der Waals surface area contributed by atoms with Crippen LogP contribution in [0.3, 0.4) is 0 Å². The molecule has 0 N–H and O–H groups in total. The minimum Gasteiger partial charge on any atom is -0.453 e. The van der Waals surface area contributed by atoms with Crippen LogP contribution in [0.2, 0.25) is 0 Å². The number of nitrogens with zero attached hydrogens (tertiary/aromatic N) is 1. The average Bonchev–Trinajstić information content (AvgIpc) is 2.55. The van der Waals surface area contributed by atoms with Gasteiger partial charge in [0.2, 0.25) is 0 Å². The zero-order valence-electron chi connectivity index (χ0n) is 14.5. The molecule has 1 aromatic rings. The van der Waals surface area contributed by atoms with Crippen LogP contribution in [0, 0.1) is 0 Å². The molecule has 0 aromatic heterocycles. The zero-order valence-corrected chi connectivity index (χ0v) is 14.5. The number of fused-ring (bicyclic) bond motifs is 1.